The van der Waals surface area contributed by atoms with E-state index in [1.807, 2.05) is 0 Å². The maximum absolute atomic E-state index is 6.05. The minimum atomic E-state index is 0.362. The summed E-state index contributed by atoms with van der Waals surface area (Å²) in [5.41, 5.74) is 0. The number of hydrogen-bond acceptors (Lipinski definition) is 1. The Kier molecular flexibility index (Phi) is 14.5. The molecule has 0 amide bonds. The van der Waals surface area contributed by atoms with E-state index in [2.05, 4.69) is 19.2 Å². The van der Waals surface area contributed by atoms with E-state index in [4.69, 9.17) is 11.6 Å². The summed E-state index contributed by atoms with van der Waals surface area (Å²) in [4.78, 5) is 0. The lowest BCUT2D eigenvalue weighted by Crippen LogP contribution is -2.19. The quantitative estimate of drug-likeness (QED) is 0.358. The molecule has 0 saturated heterocycles. The Balaban J connectivity index is 2.94. The zero-order valence-electron chi connectivity index (χ0n) is 11.9. The molecule has 104 valence electrons. The third kappa shape index (κ3) is 14.2. The summed E-state index contributed by atoms with van der Waals surface area (Å²) in [6.45, 7) is 6.67. The van der Waals surface area contributed by atoms with Gasteiger partial charge in [-0.3, -0.25) is 0 Å². The number of unbranched alkanes of at least 4 members (excludes halogenated alkanes) is 7. The van der Waals surface area contributed by atoms with Gasteiger partial charge in [-0.25, -0.2) is 0 Å². The van der Waals surface area contributed by atoms with Crippen LogP contribution in [0.3, 0.4) is 0 Å². The first kappa shape index (κ1) is 17.2. The SMILES string of the molecule is CCCCCCCCCCNCCC(Cl)CC. The Morgan fingerprint density at radius 3 is 2.00 bits per heavy atom. The van der Waals surface area contributed by atoms with E-state index in [0.29, 0.717) is 5.38 Å². The van der Waals surface area contributed by atoms with Crippen molar-refractivity contribution in [3.05, 3.63) is 0 Å². The third-order valence-electron chi connectivity index (χ3n) is 3.28. The Morgan fingerprint density at radius 2 is 1.41 bits per heavy atom. The fraction of sp³-hybridized carbons (Fsp3) is 1.00. The van der Waals surface area contributed by atoms with E-state index in [-0.39, 0.29) is 0 Å². The van der Waals surface area contributed by atoms with Gasteiger partial charge in [-0.1, -0.05) is 58.8 Å². The van der Waals surface area contributed by atoms with Crippen LogP contribution in [0.5, 0.6) is 0 Å². The van der Waals surface area contributed by atoms with Gasteiger partial charge in [-0.05, 0) is 32.4 Å². The van der Waals surface area contributed by atoms with Crippen molar-refractivity contribution >= 4 is 11.6 Å². The summed E-state index contributed by atoms with van der Waals surface area (Å²) in [6.07, 6.45) is 13.4. The molecule has 0 spiro atoms. The Morgan fingerprint density at radius 1 is 0.824 bits per heavy atom. The number of rotatable bonds is 13. The molecule has 1 nitrogen and oxygen atoms in total. The van der Waals surface area contributed by atoms with Crippen molar-refractivity contribution < 1.29 is 0 Å². The highest BCUT2D eigenvalue weighted by molar-refractivity contribution is 6.20. The molecule has 0 bridgehead atoms. The Hall–Kier alpha value is 0.250. The normalized spacial score (nSPS) is 12.9. The molecule has 0 aliphatic carbocycles. The van der Waals surface area contributed by atoms with Crippen molar-refractivity contribution in [1.29, 1.82) is 0 Å². The van der Waals surface area contributed by atoms with Gasteiger partial charge in [0.2, 0.25) is 0 Å². The molecular formula is C15H32ClN. The highest BCUT2D eigenvalue weighted by Gasteiger charge is 1.99. The number of alkyl halides is 1. The van der Waals surface area contributed by atoms with Crippen molar-refractivity contribution in [3.8, 4) is 0 Å². The van der Waals surface area contributed by atoms with Crippen molar-refractivity contribution in [1.82, 2.24) is 5.32 Å². The molecule has 0 radical (unpaired) electrons. The van der Waals surface area contributed by atoms with Gasteiger partial charge in [0.15, 0.2) is 0 Å². The van der Waals surface area contributed by atoms with Crippen LogP contribution in [0.15, 0.2) is 0 Å². The van der Waals surface area contributed by atoms with Gasteiger partial charge in [0, 0.05) is 5.38 Å². The van der Waals surface area contributed by atoms with Crippen LogP contribution < -0.4 is 5.32 Å². The summed E-state index contributed by atoms with van der Waals surface area (Å²) >= 11 is 6.05. The average Bonchev–Trinajstić information content (AvgIpc) is 2.35. The van der Waals surface area contributed by atoms with Crippen LogP contribution >= 0.6 is 11.6 Å². The molecule has 0 rings (SSSR count). The summed E-state index contributed by atoms with van der Waals surface area (Å²) in [5, 5.41) is 3.84. The predicted molar refractivity (Wildman–Crippen MR) is 80.0 cm³/mol. The largest absolute Gasteiger partial charge is 0.317 e. The number of halogens is 1. The molecule has 0 aromatic carbocycles. The molecule has 1 unspecified atom stereocenters. The second-order valence-corrected chi connectivity index (χ2v) is 5.64. The smallest absolute Gasteiger partial charge is 0.0345 e. The molecule has 0 aliphatic heterocycles. The minimum absolute atomic E-state index is 0.362. The molecule has 0 aromatic rings. The van der Waals surface area contributed by atoms with Crippen LogP contribution in [0.25, 0.3) is 0 Å². The van der Waals surface area contributed by atoms with E-state index < -0.39 is 0 Å². The highest BCUT2D eigenvalue weighted by atomic mass is 35.5. The van der Waals surface area contributed by atoms with Crippen LogP contribution in [0.1, 0.15) is 78.1 Å². The summed E-state index contributed by atoms with van der Waals surface area (Å²) in [7, 11) is 0. The Labute approximate surface area is 114 Å². The van der Waals surface area contributed by atoms with Gasteiger partial charge in [-0.2, -0.15) is 0 Å². The van der Waals surface area contributed by atoms with E-state index in [1.54, 1.807) is 0 Å². The molecule has 1 atom stereocenters. The van der Waals surface area contributed by atoms with Gasteiger partial charge < -0.3 is 5.32 Å². The van der Waals surface area contributed by atoms with Gasteiger partial charge in [0.25, 0.3) is 0 Å². The second-order valence-electron chi connectivity index (χ2n) is 5.02. The monoisotopic (exact) mass is 261 g/mol. The van der Waals surface area contributed by atoms with Crippen LogP contribution in [0, 0.1) is 0 Å². The van der Waals surface area contributed by atoms with E-state index in [1.165, 1.54) is 57.9 Å². The summed E-state index contributed by atoms with van der Waals surface area (Å²) < 4.78 is 0. The van der Waals surface area contributed by atoms with E-state index >= 15 is 0 Å². The number of hydrogen-bond donors (Lipinski definition) is 1. The second kappa shape index (κ2) is 14.3. The maximum Gasteiger partial charge on any atom is 0.0345 e. The summed E-state index contributed by atoms with van der Waals surface area (Å²) in [6, 6.07) is 0. The van der Waals surface area contributed by atoms with E-state index in [0.717, 1.165) is 19.4 Å². The highest BCUT2D eigenvalue weighted by Crippen LogP contribution is 2.08. The third-order valence-corrected chi connectivity index (χ3v) is 3.81. The van der Waals surface area contributed by atoms with E-state index in [9.17, 15) is 0 Å². The standard InChI is InChI=1S/C15H32ClN/c1-3-5-6-7-8-9-10-11-13-17-14-12-15(16)4-2/h15,17H,3-14H2,1-2H3. The maximum atomic E-state index is 6.05. The lowest BCUT2D eigenvalue weighted by atomic mass is 10.1. The lowest BCUT2D eigenvalue weighted by molar-refractivity contribution is 0.547. The first-order chi connectivity index (χ1) is 8.31. The topological polar surface area (TPSA) is 12.0 Å². The number of nitrogens with one attached hydrogen (secondary N) is 1. The molecule has 0 aliphatic rings. The molecule has 0 heterocycles. The zero-order valence-corrected chi connectivity index (χ0v) is 12.7. The van der Waals surface area contributed by atoms with Crippen LogP contribution in [0.4, 0.5) is 0 Å². The molecule has 1 N–H and O–H groups in total. The first-order valence-corrected chi connectivity index (χ1v) is 8.09. The van der Waals surface area contributed by atoms with Gasteiger partial charge in [0.1, 0.15) is 0 Å². The minimum Gasteiger partial charge on any atom is -0.317 e. The van der Waals surface area contributed by atoms with Crippen molar-refractivity contribution in [2.75, 3.05) is 13.1 Å². The Bertz CT molecular complexity index is 139. The molecular weight excluding hydrogens is 230 g/mol. The van der Waals surface area contributed by atoms with Gasteiger partial charge in [0.05, 0.1) is 0 Å². The van der Waals surface area contributed by atoms with Crippen LogP contribution in [-0.4, -0.2) is 18.5 Å². The molecule has 17 heavy (non-hydrogen) atoms. The van der Waals surface area contributed by atoms with Crippen LogP contribution in [0.2, 0.25) is 0 Å². The first-order valence-electron chi connectivity index (χ1n) is 7.66. The average molecular weight is 262 g/mol. The zero-order chi connectivity index (χ0) is 12.8. The fourth-order valence-electron chi connectivity index (χ4n) is 1.97. The van der Waals surface area contributed by atoms with Crippen molar-refractivity contribution in [2.24, 2.45) is 0 Å². The lowest BCUT2D eigenvalue weighted by Gasteiger charge is -2.07. The molecule has 0 saturated carbocycles. The van der Waals surface area contributed by atoms with Crippen molar-refractivity contribution in [2.45, 2.75) is 83.4 Å². The molecule has 0 aromatic heterocycles. The summed E-state index contributed by atoms with van der Waals surface area (Å²) in [5.74, 6) is 0. The van der Waals surface area contributed by atoms with Crippen LogP contribution in [-0.2, 0) is 0 Å². The molecule has 2 heteroatoms. The fourth-order valence-corrected chi connectivity index (χ4v) is 2.08. The van der Waals surface area contributed by atoms with Gasteiger partial charge >= 0.3 is 0 Å². The van der Waals surface area contributed by atoms with Crippen molar-refractivity contribution in [3.63, 3.8) is 0 Å². The van der Waals surface area contributed by atoms with Gasteiger partial charge in [-0.15, -0.1) is 11.6 Å². The molecule has 0 fully saturated rings. The predicted octanol–water partition coefficient (Wildman–Crippen LogP) is 5.12.